The first-order chi connectivity index (χ1) is 9.70. The first-order valence-electron chi connectivity index (χ1n) is 8.76. The normalized spacial score (nSPS) is 35.4. The van der Waals surface area contributed by atoms with Crippen LogP contribution in [0.25, 0.3) is 0 Å². The van der Waals surface area contributed by atoms with E-state index >= 15 is 0 Å². The van der Waals surface area contributed by atoms with E-state index in [9.17, 15) is 0 Å². The molecule has 1 aliphatic heterocycles. The van der Waals surface area contributed by atoms with E-state index in [1.807, 2.05) is 0 Å². The van der Waals surface area contributed by atoms with Crippen molar-refractivity contribution < 1.29 is 4.74 Å². The van der Waals surface area contributed by atoms with Gasteiger partial charge in [-0.15, -0.1) is 0 Å². The molecule has 0 aromatic rings. The van der Waals surface area contributed by atoms with Crippen LogP contribution in [0.15, 0.2) is 0 Å². The highest BCUT2D eigenvalue weighted by atomic mass is 16.5. The van der Waals surface area contributed by atoms with Crippen molar-refractivity contribution >= 4 is 0 Å². The van der Waals surface area contributed by atoms with Gasteiger partial charge < -0.3 is 10.1 Å². The zero-order chi connectivity index (χ0) is 14.4. The number of hydrogen-bond acceptors (Lipinski definition) is 3. The lowest BCUT2D eigenvalue weighted by atomic mass is 9.82. The Hall–Kier alpha value is -0.120. The van der Waals surface area contributed by atoms with Gasteiger partial charge in [-0.25, -0.2) is 0 Å². The Morgan fingerprint density at radius 1 is 1.20 bits per heavy atom. The molecular formula is C17H34N2O. The predicted molar refractivity (Wildman–Crippen MR) is 85.1 cm³/mol. The summed E-state index contributed by atoms with van der Waals surface area (Å²) in [5, 5.41) is 3.78. The largest absolute Gasteiger partial charge is 0.377 e. The first kappa shape index (κ1) is 16.3. The minimum atomic E-state index is 0.470. The topological polar surface area (TPSA) is 24.5 Å². The minimum Gasteiger partial charge on any atom is -0.377 e. The summed E-state index contributed by atoms with van der Waals surface area (Å²) in [7, 11) is 2.31. The third kappa shape index (κ3) is 4.71. The van der Waals surface area contributed by atoms with Crippen molar-refractivity contribution in [3.8, 4) is 0 Å². The molecule has 4 atom stereocenters. The third-order valence-corrected chi connectivity index (χ3v) is 5.07. The fourth-order valence-corrected chi connectivity index (χ4v) is 3.81. The van der Waals surface area contributed by atoms with Crippen LogP contribution < -0.4 is 5.32 Å². The van der Waals surface area contributed by atoms with E-state index < -0.39 is 0 Å². The zero-order valence-corrected chi connectivity index (χ0v) is 13.7. The molecule has 0 radical (unpaired) electrons. The van der Waals surface area contributed by atoms with Gasteiger partial charge in [-0.05, 0) is 64.5 Å². The maximum atomic E-state index is 5.92. The van der Waals surface area contributed by atoms with Gasteiger partial charge in [-0.1, -0.05) is 13.8 Å². The number of nitrogens with one attached hydrogen (secondary N) is 1. The summed E-state index contributed by atoms with van der Waals surface area (Å²) < 4.78 is 5.92. The highest BCUT2D eigenvalue weighted by Crippen LogP contribution is 2.28. The Bertz CT molecular complexity index is 264. The van der Waals surface area contributed by atoms with E-state index in [1.165, 1.54) is 44.9 Å². The van der Waals surface area contributed by atoms with Crippen LogP contribution >= 0.6 is 0 Å². The van der Waals surface area contributed by atoms with Crippen molar-refractivity contribution in [2.75, 3.05) is 26.7 Å². The molecule has 0 amide bonds. The molecule has 1 N–H and O–H groups in total. The summed E-state index contributed by atoms with van der Waals surface area (Å²) >= 11 is 0. The van der Waals surface area contributed by atoms with Gasteiger partial charge in [-0.3, -0.25) is 4.90 Å². The highest BCUT2D eigenvalue weighted by molar-refractivity contribution is 4.90. The lowest BCUT2D eigenvalue weighted by molar-refractivity contribution is -0.0162. The Morgan fingerprint density at radius 3 is 2.75 bits per heavy atom. The zero-order valence-electron chi connectivity index (χ0n) is 13.7. The molecule has 3 heteroatoms. The monoisotopic (exact) mass is 282 g/mol. The van der Waals surface area contributed by atoms with Crippen LogP contribution in [0.3, 0.4) is 0 Å². The highest BCUT2D eigenvalue weighted by Gasteiger charge is 2.32. The maximum Gasteiger partial charge on any atom is 0.0702 e. The number of ether oxygens (including phenoxy) is 1. The van der Waals surface area contributed by atoms with Crippen LogP contribution in [-0.2, 0) is 4.74 Å². The van der Waals surface area contributed by atoms with Crippen LogP contribution in [0.1, 0.15) is 58.8 Å². The molecule has 20 heavy (non-hydrogen) atoms. The average Bonchev–Trinajstić information content (AvgIpc) is 2.47. The number of likely N-dealkylation sites (N-methyl/N-ethyl adjacent to an activating group) is 1. The van der Waals surface area contributed by atoms with Gasteiger partial charge in [0, 0.05) is 25.2 Å². The van der Waals surface area contributed by atoms with Crippen molar-refractivity contribution in [2.24, 2.45) is 5.92 Å². The molecule has 1 saturated heterocycles. The summed E-state index contributed by atoms with van der Waals surface area (Å²) in [5.41, 5.74) is 0. The lowest BCUT2D eigenvalue weighted by Crippen LogP contribution is -2.53. The van der Waals surface area contributed by atoms with Crippen LogP contribution in [0.2, 0.25) is 0 Å². The molecule has 2 fully saturated rings. The Balaban J connectivity index is 1.86. The van der Waals surface area contributed by atoms with Crippen LogP contribution in [0, 0.1) is 5.92 Å². The third-order valence-electron chi connectivity index (χ3n) is 5.07. The van der Waals surface area contributed by atoms with Crippen LogP contribution in [0.4, 0.5) is 0 Å². The summed E-state index contributed by atoms with van der Waals surface area (Å²) in [6.45, 7) is 7.91. The van der Waals surface area contributed by atoms with Gasteiger partial charge in [0.25, 0.3) is 0 Å². The van der Waals surface area contributed by atoms with Crippen LogP contribution in [-0.4, -0.2) is 49.8 Å². The summed E-state index contributed by atoms with van der Waals surface area (Å²) in [6.07, 6.45) is 9.60. The van der Waals surface area contributed by atoms with Crippen LogP contribution in [0.5, 0.6) is 0 Å². The molecule has 0 aromatic heterocycles. The molecule has 4 unspecified atom stereocenters. The standard InChI is InChI=1S/C17H34N2O/c1-4-10-18-16-9-8-14(2)12-17(16)19(3)13-15-7-5-6-11-20-15/h14-18H,4-13H2,1-3H3. The second-order valence-electron chi connectivity index (χ2n) is 6.97. The quantitative estimate of drug-likeness (QED) is 0.810. The van der Waals surface area contributed by atoms with E-state index in [0.29, 0.717) is 18.2 Å². The number of rotatable bonds is 6. The molecule has 1 saturated carbocycles. The smallest absolute Gasteiger partial charge is 0.0702 e. The van der Waals surface area contributed by atoms with E-state index in [2.05, 4.69) is 31.1 Å². The molecule has 3 nitrogen and oxygen atoms in total. The molecule has 118 valence electrons. The molecular weight excluding hydrogens is 248 g/mol. The number of hydrogen-bond donors (Lipinski definition) is 1. The minimum absolute atomic E-state index is 0.470. The summed E-state index contributed by atoms with van der Waals surface area (Å²) in [5.74, 6) is 0.870. The predicted octanol–water partition coefficient (Wildman–Crippen LogP) is 3.04. The molecule has 0 bridgehead atoms. The van der Waals surface area contributed by atoms with Gasteiger partial charge in [0.1, 0.15) is 0 Å². The van der Waals surface area contributed by atoms with Gasteiger partial charge in [0.15, 0.2) is 0 Å². The molecule has 0 spiro atoms. The van der Waals surface area contributed by atoms with E-state index in [0.717, 1.165) is 25.6 Å². The van der Waals surface area contributed by atoms with E-state index in [-0.39, 0.29) is 0 Å². The molecule has 1 heterocycles. The maximum absolute atomic E-state index is 5.92. The Morgan fingerprint density at radius 2 is 2.05 bits per heavy atom. The molecule has 2 aliphatic rings. The van der Waals surface area contributed by atoms with Crippen molar-refractivity contribution in [1.82, 2.24) is 10.2 Å². The van der Waals surface area contributed by atoms with Crippen molar-refractivity contribution in [1.29, 1.82) is 0 Å². The lowest BCUT2D eigenvalue weighted by Gasteiger charge is -2.42. The first-order valence-corrected chi connectivity index (χ1v) is 8.76. The molecule has 0 aromatic carbocycles. The second-order valence-corrected chi connectivity index (χ2v) is 6.97. The van der Waals surface area contributed by atoms with Crippen molar-refractivity contribution in [2.45, 2.75) is 77.0 Å². The van der Waals surface area contributed by atoms with Gasteiger partial charge in [-0.2, -0.15) is 0 Å². The van der Waals surface area contributed by atoms with Gasteiger partial charge >= 0.3 is 0 Å². The Kier molecular flexibility index (Phi) is 6.79. The van der Waals surface area contributed by atoms with Crippen molar-refractivity contribution in [3.63, 3.8) is 0 Å². The van der Waals surface area contributed by atoms with Gasteiger partial charge in [0.2, 0.25) is 0 Å². The average molecular weight is 282 g/mol. The van der Waals surface area contributed by atoms with E-state index in [1.54, 1.807) is 0 Å². The Labute approximate surface area is 125 Å². The summed E-state index contributed by atoms with van der Waals surface area (Å²) in [4.78, 5) is 2.58. The van der Waals surface area contributed by atoms with Gasteiger partial charge in [0.05, 0.1) is 6.10 Å². The molecule has 1 aliphatic carbocycles. The van der Waals surface area contributed by atoms with Crippen molar-refractivity contribution in [3.05, 3.63) is 0 Å². The number of nitrogens with zero attached hydrogens (tertiary/aromatic N) is 1. The fraction of sp³-hybridized carbons (Fsp3) is 1.00. The van der Waals surface area contributed by atoms with E-state index in [4.69, 9.17) is 4.74 Å². The summed E-state index contributed by atoms with van der Waals surface area (Å²) in [6, 6.07) is 1.37. The fourth-order valence-electron chi connectivity index (χ4n) is 3.81. The molecule has 2 rings (SSSR count). The second kappa shape index (κ2) is 8.35. The SMILES string of the molecule is CCCNC1CCC(C)CC1N(C)CC1CCCCO1.